The molecule has 0 saturated heterocycles. The molecule has 0 spiro atoms. The van der Waals surface area contributed by atoms with Crippen LogP contribution >= 0.6 is 15.9 Å². The predicted octanol–water partition coefficient (Wildman–Crippen LogP) is 2.29. The number of nitrogen functional groups attached to an aromatic ring is 1. The Hall–Kier alpha value is -0.750. The second-order valence-corrected chi connectivity index (χ2v) is 7.50. The van der Waals surface area contributed by atoms with Gasteiger partial charge in [0, 0.05) is 23.8 Å². The molecule has 18 heavy (non-hydrogen) atoms. The van der Waals surface area contributed by atoms with Gasteiger partial charge in [0.1, 0.15) is 0 Å². The van der Waals surface area contributed by atoms with Gasteiger partial charge < -0.3 is 10.6 Å². The lowest BCUT2D eigenvalue weighted by Crippen LogP contribution is -2.27. The third-order valence-corrected chi connectivity index (χ3v) is 4.98. The lowest BCUT2D eigenvalue weighted by atomic mass is 10.2. The molecule has 0 amide bonds. The molecule has 1 aromatic carbocycles. The molecule has 1 rings (SSSR count). The highest BCUT2D eigenvalue weighted by molar-refractivity contribution is 9.10. The van der Waals surface area contributed by atoms with Crippen molar-refractivity contribution >= 4 is 37.1 Å². The SMILES string of the molecule is CCCS(=O)(=O)CCN(C)c1ccc(Br)cc1N. The third-order valence-electron chi connectivity index (χ3n) is 2.65. The highest BCUT2D eigenvalue weighted by Crippen LogP contribution is 2.25. The van der Waals surface area contributed by atoms with E-state index >= 15 is 0 Å². The maximum Gasteiger partial charge on any atom is 0.152 e. The van der Waals surface area contributed by atoms with Gasteiger partial charge in [-0.05, 0) is 24.6 Å². The summed E-state index contributed by atoms with van der Waals surface area (Å²) in [4.78, 5) is 1.87. The van der Waals surface area contributed by atoms with Crippen molar-refractivity contribution in [2.45, 2.75) is 13.3 Å². The summed E-state index contributed by atoms with van der Waals surface area (Å²) >= 11 is 3.34. The molecule has 0 aliphatic carbocycles. The molecule has 6 heteroatoms. The van der Waals surface area contributed by atoms with Crippen LogP contribution in [0.1, 0.15) is 13.3 Å². The molecular weight excluding hydrogens is 316 g/mol. The Labute approximate surface area is 117 Å². The van der Waals surface area contributed by atoms with Gasteiger partial charge in [0.2, 0.25) is 0 Å². The molecule has 0 bridgehead atoms. The number of benzene rings is 1. The van der Waals surface area contributed by atoms with Crippen LogP contribution in [-0.4, -0.2) is 33.5 Å². The van der Waals surface area contributed by atoms with E-state index in [4.69, 9.17) is 5.73 Å². The van der Waals surface area contributed by atoms with Gasteiger partial charge >= 0.3 is 0 Å². The average molecular weight is 335 g/mol. The van der Waals surface area contributed by atoms with E-state index in [2.05, 4.69) is 15.9 Å². The number of sulfone groups is 1. The van der Waals surface area contributed by atoms with Crippen molar-refractivity contribution < 1.29 is 8.42 Å². The summed E-state index contributed by atoms with van der Waals surface area (Å²) in [5.41, 5.74) is 7.39. The molecule has 1 aromatic rings. The standard InChI is InChI=1S/C12H19BrN2O2S/c1-3-7-18(16,17)8-6-15(2)12-5-4-10(13)9-11(12)14/h4-5,9H,3,6-8,14H2,1-2H3. The Kier molecular flexibility index (Phi) is 5.47. The molecule has 0 radical (unpaired) electrons. The summed E-state index contributed by atoms with van der Waals surface area (Å²) in [5, 5.41) is 0. The number of hydrogen-bond donors (Lipinski definition) is 1. The Morgan fingerprint density at radius 2 is 2.00 bits per heavy atom. The Morgan fingerprint density at radius 3 is 2.56 bits per heavy atom. The number of hydrogen-bond acceptors (Lipinski definition) is 4. The van der Waals surface area contributed by atoms with E-state index in [0.29, 0.717) is 18.7 Å². The van der Waals surface area contributed by atoms with Crippen LogP contribution in [0.25, 0.3) is 0 Å². The van der Waals surface area contributed by atoms with Gasteiger partial charge in [-0.3, -0.25) is 0 Å². The van der Waals surface area contributed by atoms with Crippen LogP contribution in [0.5, 0.6) is 0 Å². The first-order valence-corrected chi connectivity index (χ1v) is 8.43. The second-order valence-electron chi connectivity index (χ2n) is 4.28. The van der Waals surface area contributed by atoms with Gasteiger partial charge in [0.15, 0.2) is 9.84 Å². The first-order chi connectivity index (χ1) is 8.35. The molecule has 4 nitrogen and oxygen atoms in total. The van der Waals surface area contributed by atoms with E-state index in [1.165, 1.54) is 0 Å². The van der Waals surface area contributed by atoms with Crippen molar-refractivity contribution in [3.05, 3.63) is 22.7 Å². The molecule has 0 fully saturated rings. The zero-order valence-corrected chi connectivity index (χ0v) is 13.1. The molecule has 102 valence electrons. The first kappa shape index (κ1) is 15.3. The maximum atomic E-state index is 11.6. The molecule has 0 aliphatic rings. The summed E-state index contributed by atoms with van der Waals surface area (Å²) in [7, 11) is -1.10. The number of rotatable bonds is 6. The van der Waals surface area contributed by atoms with Crippen LogP contribution in [0.3, 0.4) is 0 Å². The van der Waals surface area contributed by atoms with Crippen LogP contribution < -0.4 is 10.6 Å². The number of anilines is 2. The lowest BCUT2D eigenvalue weighted by molar-refractivity contribution is 0.594. The van der Waals surface area contributed by atoms with Crippen LogP contribution in [0, 0.1) is 0 Å². The van der Waals surface area contributed by atoms with Crippen molar-refractivity contribution in [3.8, 4) is 0 Å². The zero-order valence-electron chi connectivity index (χ0n) is 10.7. The molecule has 2 N–H and O–H groups in total. The highest BCUT2D eigenvalue weighted by atomic mass is 79.9. The van der Waals surface area contributed by atoms with E-state index < -0.39 is 9.84 Å². The number of nitrogens with zero attached hydrogens (tertiary/aromatic N) is 1. The largest absolute Gasteiger partial charge is 0.397 e. The molecular formula is C12H19BrN2O2S. The van der Waals surface area contributed by atoms with Crippen molar-refractivity contribution in [2.24, 2.45) is 0 Å². The summed E-state index contributed by atoms with van der Waals surface area (Å²) in [6.45, 7) is 2.32. The Morgan fingerprint density at radius 1 is 1.33 bits per heavy atom. The quantitative estimate of drug-likeness (QED) is 0.810. The van der Waals surface area contributed by atoms with Crippen molar-refractivity contribution in [1.29, 1.82) is 0 Å². The summed E-state index contributed by atoms with van der Waals surface area (Å²) in [6, 6.07) is 5.58. The molecule has 0 saturated carbocycles. The summed E-state index contributed by atoms with van der Waals surface area (Å²) in [5.74, 6) is 0.406. The van der Waals surface area contributed by atoms with Crippen molar-refractivity contribution in [3.63, 3.8) is 0 Å². The predicted molar refractivity (Wildman–Crippen MR) is 80.8 cm³/mol. The topological polar surface area (TPSA) is 63.4 Å². The fraction of sp³-hybridized carbons (Fsp3) is 0.500. The average Bonchev–Trinajstić information content (AvgIpc) is 2.26. The second kappa shape index (κ2) is 6.43. The normalized spacial score (nSPS) is 11.5. The van der Waals surface area contributed by atoms with Crippen molar-refractivity contribution in [1.82, 2.24) is 0 Å². The molecule has 0 aromatic heterocycles. The summed E-state index contributed by atoms with van der Waals surface area (Å²) in [6.07, 6.45) is 0.659. The van der Waals surface area contributed by atoms with E-state index in [0.717, 1.165) is 10.2 Å². The van der Waals surface area contributed by atoms with Gasteiger partial charge in [-0.15, -0.1) is 0 Å². The van der Waals surface area contributed by atoms with Gasteiger partial charge in [-0.2, -0.15) is 0 Å². The number of nitrogens with two attached hydrogens (primary N) is 1. The van der Waals surface area contributed by atoms with E-state index in [1.807, 2.05) is 37.1 Å². The number of halogens is 1. The van der Waals surface area contributed by atoms with Gasteiger partial charge in [-0.1, -0.05) is 22.9 Å². The lowest BCUT2D eigenvalue weighted by Gasteiger charge is -2.21. The molecule has 0 heterocycles. The van der Waals surface area contributed by atoms with Crippen molar-refractivity contribution in [2.75, 3.05) is 35.7 Å². The minimum Gasteiger partial charge on any atom is -0.397 e. The van der Waals surface area contributed by atoms with Crippen LogP contribution in [0.4, 0.5) is 11.4 Å². The van der Waals surface area contributed by atoms with Gasteiger partial charge in [-0.25, -0.2) is 8.42 Å². The molecule has 0 atom stereocenters. The third kappa shape index (κ3) is 4.49. The van der Waals surface area contributed by atoms with E-state index in [9.17, 15) is 8.42 Å². The summed E-state index contributed by atoms with van der Waals surface area (Å²) < 4.78 is 24.2. The fourth-order valence-corrected chi connectivity index (χ4v) is 3.44. The molecule has 0 unspecified atom stereocenters. The Balaban J connectivity index is 2.69. The monoisotopic (exact) mass is 334 g/mol. The van der Waals surface area contributed by atoms with Crippen LogP contribution in [0.2, 0.25) is 0 Å². The zero-order chi connectivity index (χ0) is 13.8. The van der Waals surface area contributed by atoms with Crippen LogP contribution in [-0.2, 0) is 9.84 Å². The highest BCUT2D eigenvalue weighted by Gasteiger charge is 2.12. The van der Waals surface area contributed by atoms with Crippen LogP contribution in [0.15, 0.2) is 22.7 Å². The van der Waals surface area contributed by atoms with Gasteiger partial charge in [0.05, 0.1) is 17.1 Å². The van der Waals surface area contributed by atoms with E-state index in [1.54, 1.807) is 0 Å². The first-order valence-electron chi connectivity index (χ1n) is 5.82. The minimum atomic E-state index is -2.95. The minimum absolute atomic E-state index is 0.160. The maximum absolute atomic E-state index is 11.6. The Bertz CT molecular complexity index is 503. The smallest absolute Gasteiger partial charge is 0.152 e. The fourth-order valence-electron chi connectivity index (χ4n) is 1.68. The van der Waals surface area contributed by atoms with Gasteiger partial charge in [0.25, 0.3) is 0 Å². The molecule has 0 aliphatic heterocycles. The van der Waals surface area contributed by atoms with E-state index in [-0.39, 0.29) is 11.5 Å².